The van der Waals surface area contributed by atoms with Gasteiger partial charge in [0.15, 0.2) is 11.1 Å². The van der Waals surface area contributed by atoms with Crippen LogP contribution in [0.1, 0.15) is 58.7 Å². The molecule has 0 radical (unpaired) electrons. The maximum Gasteiger partial charge on any atom is 0.247 e. The summed E-state index contributed by atoms with van der Waals surface area (Å²) >= 11 is 4.07. The van der Waals surface area contributed by atoms with Gasteiger partial charge in [-0.2, -0.15) is 0 Å². The Hall–Kier alpha value is -3.33. The molecule has 7 nitrogen and oxygen atoms in total. The number of carbonyl (C=O) groups excluding carboxylic acids is 1. The van der Waals surface area contributed by atoms with Crippen LogP contribution in [-0.4, -0.2) is 24.9 Å². The molecule has 1 aliphatic rings. The largest absolute Gasteiger partial charge is 0.420 e. The Morgan fingerprint density at radius 1 is 1.08 bits per heavy atom. The first-order valence-corrected chi connectivity index (χ1v) is 13.9. The monoisotopic (exact) mass is 549 g/mol. The molecule has 1 amide bonds. The Morgan fingerprint density at radius 3 is 2.29 bits per heavy atom. The number of benzene rings is 3. The molecule has 196 valence electrons. The van der Waals surface area contributed by atoms with Crippen LogP contribution in [0.2, 0.25) is 5.02 Å². The highest BCUT2D eigenvalue weighted by molar-refractivity contribution is 7.79. The van der Waals surface area contributed by atoms with E-state index >= 15 is 0 Å². The fourth-order valence-electron chi connectivity index (χ4n) is 5.03. The number of hydrogen-bond donors (Lipinski definition) is 2. The Kier molecular flexibility index (Phi) is 7.22. The summed E-state index contributed by atoms with van der Waals surface area (Å²) in [6, 6.07) is 18.5. The van der Waals surface area contributed by atoms with Gasteiger partial charge in [0.25, 0.3) is 0 Å². The molecule has 4 aromatic rings. The van der Waals surface area contributed by atoms with Crippen molar-refractivity contribution in [2.45, 2.75) is 50.7 Å². The van der Waals surface area contributed by atoms with Gasteiger partial charge < -0.3 is 14.3 Å². The van der Waals surface area contributed by atoms with E-state index in [1.807, 2.05) is 50.2 Å². The van der Waals surface area contributed by atoms with Gasteiger partial charge in [-0.15, -0.1) is 10.2 Å². The van der Waals surface area contributed by atoms with Crippen molar-refractivity contribution in [1.82, 2.24) is 10.2 Å². The smallest absolute Gasteiger partial charge is 0.247 e. The molecule has 0 spiro atoms. The van der Waals surface area contributed by atoms with E-state index in [1.165, 1.54) is 0 Å². The molecule has 0 saturated heterocycles. The Morgan fingerprint density at radius 2 is 1.71 bits per heavy atom. The first kappa shape index (κ1) is 26.3. The van der Waals surface area contributed by atoms with Gasteiger partial charge in [0.05, 0.1) is 17.1 Å². The highest BCUT2D eigenvalue weighted by Gasteiger charge is 2.52. The Labute approximate surface area is 228 Å². The molecule has 2 atom stereocenters. The maximum atomic E-state index is 12.8. The van der Waals surface area contributed by atoms with Gasteiger partial charge in [-0.05, 0) is 97.8 Å². The average molecular weight is 550 g/mol. The number of aromatic nitrogens is 2. The zero-order valence-corrected chi connectivity index (χ0v) is 22.9. The minimum Gasteiger partial charge on any atom is -0.420 e. The van der Waals surface area contributed by atoms with Crippen molar-refractivity contribution < 1.29 is 18.0 Å². The van der Waals surface area contributed by atoms with Crippen molar-refractivity contribution in [2.75, 3.05) is 5.32 Å². The lowest BCUT2D eigenvalue weighted by Gasteiger charge is -2.19. The molecule has 2 N–H and O–H groups in total. The third kappa shape index (κ3) is 5.29. The molecule has 1 aliphatic carbocycles. The van der Waals surface area contributed by atoms with E-state index in [0.717, 1.165) is 51.9 Å². The van der Waals surface area contributed by atoms with E-state index < -0.39 is 16.3 Å². The summed E-state index contributed by atoms with van der Waals surface area (Å²) in [6.07, 6.45) is 2.04. The van der Waals surface area contributed by atoms with Crippen LogP contribution in [0.25, 0.3) is 11.5 Å². The third-order valence-corrected chi connectivity index (χ3v) is 8.22. The fourth-order valence-corrected chi connectivity index (χ4v) is 5.54. The van der Waals surface area contributed by atoms with Crippen LogP contribution in [0.15, 0.2) is 65.1 Å². The molecule has 3 aromatic carbocycles. The van der Waals surface area contributed by atoms with Gasteiger partial charge in [-0.3, -0.25) is 4.79 Å². The van der Waals surface area contributed by atoms with Crippen molar-refractivity contribution in [3.63, 3.8) is 0 Å². The lowest BCUT2D eigenvalue weighted by molar-refractivity contribution is -0.115. The molecular formula is C29H28ClN3O4S. The SMILES string of the molecule is Cc1cc(NC(=O)Cc2ccc(C(C)S(=O)O)cc2)cc(C)c1C1(c2nnc(-c3ccc(Cl)cc3)o2)CC1. The lowest BCUT2D eigenvalue weighted by Crippen LogP contribution is -2.17. The van der Waals surface area contributed by atoms with Crippen LogP contribution < -0.4 is 5.32 Å². The summed E-state index contributed by atoms with van der Waals surface area (Å²) in [7, 11) is 0. The highest BCUT2D eigenvalue weighted by Crippen LogP contribution is 2.55. The number of nitrogens with zero attached hydrogens (tertiary/aromatic N) is 2. The van der Waals surface area contributed by atoms with E-state index in [2.05, 4.69) is 15.5 Å². The van der Waals surface area contributed by atoms with Crippen LogP contribution >= 0.6 is 11.6 Å². The van der Waals surface area contributed by atoms with Crippen molar-refractivity contribution in [1.29, 1.82) is 0 Å². The van der Waals surface area contributed by atoms with Gasteiger partial charge in [-0.25, -0.2) is 4.21 Å². The molecule has 5 rings (SSSR count). The van der Waals surface area contributed by atoms with Gasteiger partial charge in [0.1, 0.15) is 0 Å². The van der Waals surface area contributed by atoms with Crippen molar-refractivity contribution in [3.05, 3.63) is 99.4 Å². The zero-order valence-electron chi connectivity index (χ0n) is 21.3. The first-order chi connectivity index (χ1) is 18.2. The number of hydrogen-bond acceptors (Lipinski definition) is 5. The van der Waals surface area contributed by atoms with Crippen molar-refractivity contribution in [3.8, 4) is 11.5 Å². The number of amides is 1. The third-order valence-electron chi connectivity index (χ3n) is 7.09. The molecule has 9 heteroatoms. The summed E-state index contributed by atoms with van der Waals surface area (Å²) in [6.45, 7) is 5.77. The quantitative estimate of drug-likeness (QED) is 0.241. The van der Waals surface area contributed by atoms with Gasteiger partial charge >= 0.3 is 0 Å². The van der Waals surface area contributed by atoms with E-state index in [4.69, 9.17) is 16.0 Å². The minimum atomic E-state index is -1.93. The van der Waals surface area contributed by atoms with E-state index in [9.17, 15) is 13.6 Å². The summed E-state index contributed by atoms with van der Waals surface area (Å²) in [5.41, 5.74) is 6.10. The second-order valence-electron chi connectivity index (χ2n) is 9.87. The summed E-state index contributed by atoms with van der Waals surface area (Å²) in [5.74, 6) is 0.941. The number of aryl methyl sites for hydroxylation is 2. The van der Waals surface area contributed by atoms with Crippen LogP contribution in [0.4, 0.5) is 5.69 Å². The van der Waals surface area contributed by atoms with Crippen LogP contribution in [0, 0.1) is 13.8 Å². The van der Waals surface area contributed by atoms with Gasteiger partial charge in [0, 0.05) is 16.3 Å². The average Bonchev–Trinajstić information content (AvgIpc) is 3.50. The predicted octanol–water partition coefficient (Wildman–Crippen LogP) is 6.55. The van der Waals surface area contributed by atoms with Crippen LogP contribution in [0.3, 0.4) is 0 Å². The number of nitrogens with one attached hydrogen (secondary N) is 1. The molecule has 1 saturated carbocycles. The molecule has 38 heavy (non-hydrogen) atoms. The standard InChI is InChI=1S/C29H28ClN3O4S/c1-17-14-24(31-25(34)16-20-4-6-21(7-5-20)19(3)38(35)36)15-18(2)26(17)29(12-13-29)28-33-32-27(37-28)22-8-10-23(30)11-9-22/h4-11,14-15,19H,12-13,16H2,1-3H3,(H,31,34)(H,35,36). The number of carbonyl (C=O) groups is 1. The van der Waals surface area contributed by atoms with Gasteiger partial charge in [-0.1, -0.05) is 35.9 Å². The highest BCUT2D eigenvalue weighted by atomic mass is 35.5. The molecule has 1 aromatic heterocycles. The normalized spacial score (nSPS) is 15.6. The van der Waals surface area contributed by atoms with Crippen molar-refractivity contribution >= 4 is 34.3 Å². The summed E-state index contributed by atoms with van der Waals surface area (Å²) in [4.78, 5) is 12.8. The Balaban J connectivity index is 1.31. The zero-order chi connectivity index (χ0) is 27.0. The number of anilines is 1. The predicted molar refractivity (Wildman–Crippen MR) is 149 cm³/mol. The maximum absolute atomic E-state index is 12.8. The van der Waals surface area contributed by atoms with Crippen LogP contribution in [0.5, 0.6) is 0 Å². The summed E-state index contributed by atoms with van der Waals surface area (Å²) < 4.78 is 26.7. The van der Waals surface area contributed by atoms with Crippen LogP contribution in [-0.2, 0) is 27.7 Å². The van der Waals surface area contributed by atoms with Crippen molar-refractivity contribution in [2.24, 2.45) is 0 Å². The molecule has 0 bridgehead atoms. The number of halogens is 1. The van der Waals surface area contributed by atoms with E-state index in [-0.39, 0.29) is 17.7 Å². The second-order valence-corrected chi connectivity index (χ2v) is 11.6. The molecule has 1 fully saturated rings. The number of rotatable bonds is 8. The lowest BCUT2D eigenvalue weighted by atomic mass is 9.87. The summed E-state index contributed by atoms with van der Waals surface area (Å²) in [5, 5.41) is 11.9. The van der Waals surface area contributed by atoms with E-state index in [0.29, 0.717) is 16.8 Å². The minimum absolute atomic E-state index is 0.131. The first-order valence-electron chi connectivity index (χ1n) is 12.4. The molecule has 1 heterocycles. The van der Waals surface area contributed by atoms with E-state index in [1.54, 1.807) is 31.2 Å². The van der Waals surface area contributed by atoms with Gasteiger partial charge in [0.2, 0.25) is 17.7 Å². The molecule has 0 aliphatic heterocycles. The topological polar surface area (TPSA) is 105 Å². The second kappa shape index (κ2) is 10.4. The molecule has 2 unspecified atom stereocenters. The Bertz CT molecular complexity index is 1490. The molecular weight excluding hydrogens is 522 g/mol. The fraction of sp³-hybridized carbons (Fsp3) is 0.276.